The van der Waals surface area contributed by atoms with Gasteiger partial charge in [0.1, 0.15) is 11.5 Å². The number of nitrogens with zero attached hydrogens (tertiary/aromatic N) is 2. The molecule has 0 spiro atoms. The lowest BCUT2D eigenvalue weighted by atomic mass is 10.0. The molecule has 1 aliphatic heterocycles. The molecule has 60 heavy (non-hydrogen) atoms. The molecule has 2 amide bonds. The van der Waals surface area contributed by atoms with Crippen LogP contribution in [0.2, 0.25) is 0 Å². The van der Waals surface area contributed by atoms with E-state index in [2.05, 4.69) is 19.2 Å². The van der Waals surface area contributed by atoms with Crippen molar-refractivity contribution < 1.29 is 68.4 Å². The highest BCUT2D eigenvalue weighted by molar-refractivity contribution is 7.97. The van der Waals surface area contributed by atoms with Gasteiger partial charge in [-0.2, -0.15) is 0 Å². The smallest absolute Gasteiger partial charge is 0.407 e. The molecule has 0 fully saturated rings. The molecule has 0 saturated carbocycles. The number of carbonyl (C=O) groups is 7. The summed E-state index contributed by atoms with van der Waals surface area (Å²) in [5.74, 6) is -4.13. The summed E-state index contributed by atoms with van der Waals surface area (Å²) < 4.78 is 10.1. The molecule has 3 aromatic rings. The first-order valence-corrected chi connectivity index (χ1v) is 18.0. The van der Waals surface area contributed by atoms with Crippen molar-refractivity contribution in [3.05, 3.63) is 142 Å². The molecule has 1 heterocycles. The number of thiol groups is 1. The zero-order chi connectivity index (χ0) is 45.6. The molecule has 1 atom stereocenters. The van der Waals surface area contributed by atoms with E-state index in [1.54, 1.807) is 73.8 Å². The normalized spacial score (nSPS) is 11.7. The van der Waals surface area contributed by atoms with Gasteiger partial charge in [-0.15, -0.1) is 19.2 Å². The van der Waals surface area contributed by atoms with E-state index in [4.69, 9.17) is 29.9 Å². The summed E-state index contributed by atoms with van der Waals surface area (Å²) in [7, 11) is 3.08. The summed E-state index contributed by atoms with van der Waals surface area (Å²) in [5, 5.41) is 44.0. The number of amides is 2. The average Bonchev–Trinajstić information content (AvgIpc) is 3.55. The summed E-state index contributed by atoms with van der Waals surface area (Å²) in [5.41, 5.74) is 0.985. The van der Waals surface area contributed by atoms with Gasteiger partial charge in [0, 0.05) is 48.0 Å². The Kier molecular flexibility index (Phi) is 26.2. The van der Waals surface area contributed by atoms with Crippen LogP contribution >= 0.6 is 12.6 Å². The van der Waals surface area contributed by atoms with Gasteiger partial charge in [0.2, 0.25) is 5.12 Å². The Balaban J connectivity index is 0.000000734. The molecule has 0 radical (unpaired) electrons. The first kappa shape index (κ1) is 52.7. The monoisotopic (exact) mass is 850 g/mol. The minimum atomic E-state index is -1.54. The Bertz CT molecular complexity index is 1980. The second kappa shape index (κ2) is 29.8. The topological polar surface area (TPSA) is 265 Å². The van der Waals surface area contributed by atoms with Crippen molar-refractivity contribution in [2.45, 2.75) is 32.6 Å². The molecule has 320 valence electrons. The predicted molar refractivity (Wildman–Crippen MR) is 224 cm³/mol. The number of carboxylic acid groups (broad SMARTS) is 4. The summed E-state index contributed by atoms with van der Waals surface area (Å²) in [4.78, 5) is 83.7. The van der Waals surface area contributed by atoms with Gasteiger partial charge in [0.15, 0.2) is 0 Å². The molecule has 3 aromatic carbocycles. The van der Waals surface area contributed by atoms with Crippen molar-refractivity contribution in [1.82, 2.24) is 4.90 Å². The number of methoxy groups -OCH3 is 2. The molecule has 1 aliphatic rings. The number of ether oxygens (including phenoxy) is 2. The number of benzene rings is 3. The molecule has 17 nitrogen and oxygen atoms in total. The van der Waals surface area contributed by atoms with Gasteiger partial charge in [-0.05, 0) is 36.6 Å². The Hall–Kier alpha value is -7.34. The van der Waals surface area contributed by atoms with Crippen LogP contribution in [0.1, 0.15) is 54.1 Å². The fourth-order valence-corrected chi connectivity index (χ4v) is 4.50. The molecule has 0 bridgehead atoms. The van der Waals surface area contributed by atoms with Crippen LogP contribution in [0.15, 0.2) is 115 Å². The van der Waals surface area contributed by atoms with Crippen molar-refractivity contribution >= 4 is 65.6 Å². The number of nitro groups is 1. The molecule has 0 aliphatic carbocycles. The number of carboxylic acids is 4. The van der Waals surface area contributed by atoms with E-state index in [1.807, 2.05) is 25.1 Å². The Labute approximate surface area is 351 Å². The van der Waals surface area contributed by atoms with Gasteiger partial charge >= 0.3 is 29.6 Å². The van der Waals surface area contributed by atoms with E-state index in [-0.39, 0.29) is 24.0 Å². The number of allylic oxidation sites excluding steroid dienone is 1. The van der Waals surface area contributed by atoms with Gasteiger partial charge < -0.3 is 29.9 Å². The molecule has 4 N–H and O–H groups in total. The van der Waals surface area contributed by atoms with E-state index in [0.29, 0.717) is 34.6 Å². The second-order valence-electron chi connectivity index (χ2n) is 11.6. The number of aliphatic carboxylic acids is 4. The second-order valence-corrected chi connectivity index (χ2v) is 12.0. The van der Waals surface area contributed by atoms with Gasteiger partial charge in [-0.25, -0.2) is 9.59 Å². The summed E-state index contributed by atoms with van der Waals surface area (Å²) in [6, 6.07) is 22.4. The van der Waals surface area contributed by atoms with E-state index in [0.717, 1.165) is 42.0 Å². The third-order valence-corrected chi connectivity index (χ3v) is 7.53. The molecule has 0 saturated heterocycles. The maximum atomic E-state index is 10.8. The highest BCUT2D eigenvalue weighted by atomic mass is 32.1. The van der Waals surface area contributed by atoms with Gasteiger partial charge in [0.25, 0.3) is 11.8 Å². The maximum absolute atomic E-state index is 10.8. The molecular weight excluding hydrogens is 805 g/mol. The van der Waals surface area contributed by atoms with Gasteiger partial charge in [0.05, 0.1) is 31.5 Å². The van der Waals surface area contributed by atoms with E-state index >= 15 is 0 Å². The van der Waals surface area contributed by atoms with Crippen molar-refractivity contribution in [2.75, 3.05) is 20.8 Å². The summed E-state index contributed by atoms with van der Waals surface area (Å²) in [6.07, 6.45) is 9.52. The maximum Gasteiger partial charge on any atom is 0.407 e. The average molecular weight is 851 g/mol. The van der Waals surface area contributed by atoms with Crippen LogP contribution in [0.25, 0.3) is 12.2 Å². The predicted octanol–water partition coefficient (Wildman–Crippen LogP) is 6.40. The van der Waals surface area contributed by atoms with Crippen LogP contribution in [0.5, 0.6) is 11.5 Å². The highest BCUT2D eigenvalue weighted by Crippen LogP contribution is 2.25. The summed E-state index contributed by atoms with van der Waals surface area (Å²) >= 11 is 3.65. The van der Waals surface area contributed by atoms with E-state index in [9.17, 15) is 43.7 Å². The first-order chi connectivity index (χ1) is 28.4. The minimum Gasteiger partial charge on any atom is -0.497 e. The largest absolute Gasteiger partial charge is 0.497 e. The fourth-order valence-electron chi connectivity index (χ4n) is 4.35. The number of hydrogen-bond donors (Lipinski definition) is 5. The quantitative estimate of drug-likeness (QED) is 0.0261. The third kappa shape index (κ3) is 22.4. The minimum absolute atomic E-state index is 0.0556. The third-order valence-electron chi connectivity index (χ3n) is 7.27. The number of rotatable bonds is 16. The van der Waals surface area contributed by atoms with Crippen LogP contribution in [0.4, 0.5) is 0 Å². The molecule has 18 heteroatoms. The first-order valence-electron chi connectivity index (χ1n) is 17.6. The number of carbonyl (C=O) groups excluding carboxylic acids is 3. The van der Waals surface area contributed by atoms with Crippen molar-refractivity contribution in [2.24, 2.45) is 5.92 Å². The molecule has 4 rings (SSSR count). The van der Waals surface area contributed by atoms with Crippen LogP contribution < -0.4 is 9.47 Å². The van der Waals surface area contributed by atoms with Crippen LogP contribution in [0, 0.1) is 16.0 Å². The van der Waals surface area contributed by atoms with E-state index in [1.165, 1.54) is 13.2 Å². The van der Waals surface area contributed by atoms with E-state index < -0.39 is 46.3 Å². The van der Waals surface area contributed by atoms with Crippen LogP contribution in [-0.4, -0.2) is 91.8 Å². The zero-order valence-electron chi connectivity index (χ0n) is 32.9. The Morgan fingerprint density at radius 3 is 1.85 bits per heavy atom. The SMILES string of the molecule is C=CCC(CCC)C(=O)O.COc1ccc(/C=C/C(=O)O)c(OC)c1.O=C(O)C(=Cc1ccccc1)[N+](=O)[O-].O=C(O)CCN1C(=O)C=CC1=O.O=C(S)c1ccccc1. The Morgan fingerprint density at radius 2 is 1.45 bits per heavy atom. The van der Waals surface area contributed by atoms with Crippen molar-refractivity contribution in [1.29, 1.82) is 0 Å². The lowest BCUT2D eigenvalue weighted by molar-refractivity contribution is -0.419. The Morgan fingerprint density at radius 1 is 0.883 bits per heavy atom. The van der Waals surface area contributed by atoms with Gasteiger partial charge in [-0.1, -0.05) is 80.1 Å². The van der Waals surface area contributed by atoms with Crippen molar-refractivity contribution in [3.8, 4) is 11.5 Å². The fraction of sp³-hybridized carbons (Fsp3) is 0.214. The molecule has 1 unspecified atom stereocenters. The number of hydrogen-bond acceptors (Lipinski definition) is 11. The van der Waals surface area contributed by atoms with Crippen molar-refractivity contribution in [3.63, 3.8) is 0 Å². The lowest BCUT2D eigenvalue weighted by Crippen LogP contribution is -2.31. The standard InChI is InChI=1S/C11H12O4.C9H7NO4.C8H14O2.C7H7NO4.C7H6OS/c1-14-9-5-3-8(4-6-11(12)13)10(7-9)15-2;11-9(12)8(10(13)14)6-7-4-2-1-3-5-7;1-3-5-7(6-4-2)8(9)10;9-5-1-2-6(10)8(5)4-3-7(11)12;8-7(9)6-4-2-1-3-5-6/h3-7H,1-2H3,(H,12,13);1-6H,(H,11,12);3,7H,1,4-6H2,2H3,(H,9,10);1-2H,3-4H2,(H,11,12);1-5H,(H,8,9)/b6-4+;;;;. The summed E-state index contributed by atoms with van der Waals surface area (Å²) in [6.45, 7) is 5.43. The van der Waals surface area contributed by atoms with Crippen LogP contribution in [0.3, 0.4) is 0 Å². The van der Waals surface area contributed by atoms with Crippen LogP contribution in [-0.2, 0) is 28.8 Å². The lowest BCUT2D eigenvalue weighted by Gasteiger charge is -2.10. The molecule has 0 aromatic heterocycles. The molecular formula is C42H46N2O15S. The number of imide groups is 1. The zero-order valence-corrected chi connectivity index (χ0v) is 33.8. The van der Waals surface area contributed by atoms with Gasteiger partial charge in [-0.3, -0.25) is 39.0 Å². The highest BCUT2D eigenvalue weighted by Gasteiger charge is 2.23.